The molecule has 0 radical (unpaired) electrons. The van der Waals surface area contributed by atoms with Crippen molar-refractivity contribution in [3.63, 3.8) is 0 Å². The van der Waals surface area contributed by atoms with Crippen molar-refractivity contribution >= 4 is 22.4 Å². The molecule has 0 amide bonds. The zero-order valence-corrected chi connectivity index (χ0v) is 15.2. The molecule has 0 fully saturated rings. The molecule has 0 atom stereocenters. The van der Waals surface area contributed by atoms with Gasteiger partial charge in [-0.1, -0.05) is 6.07 Å². The van der Waals surface area contributed by atoms with Gasteiger partial charge in [-0.05, 0) is 30.3 Å². The molecular formula is C20H15F2N5O2. The van der Waals surface area contributed by atoms with Gasteiger partial charge in [0.15, 0.2) is 5.82 Å². The van der Waals surface area contributed by atoms with Crippen molar-refractivity contribution in [1.82, 2.24) is 20.2 Å². The Morgan fingerprint density at radius 1 is 0.966 bits per heavy atom. The van der Waals surface area contributed by atoms with Crippen LogP contribution < -0.4 is 14.8 Å². The van der Waals surface area contributed by atoms with E-state index in [1.165, 1.54) is 12.1 Å². The Balaban J connectivity index is 1.80. The lowest BCUT2D eigenvalue weighted by Crippen LogP contribution is -2.03. The summed E-state index contributed by atoms with van der Waals surface area (Å²) in [7, 11) is 1.57. The van der Waals surface area contributed by atoms with E-state index in [1.807, 2.05) is 6.07 Å². The Kier molecular flexibility index (Phi) is 5.10. The van der Waals surface area contributed by atoms with Gasteiger partial charge in [-0.2, -0.15) is 19.0 Å². The zero-order valence-electron chi connectivity index (χ0n) is 15.2. The van der Waals surface area contributed by atoms with Crippen molar-refractivity contribution in [3.05, 3.63) is 60.9 Å². The van der Waals surface area contributed by atoms with Gasteiger partial charge in [-0.25, -0.2) is 9.97 Å². The van der Waals surface area contributed by atoms with Crippen LogP contribution in [-0.4, -0.2) is 33.9 Å². The molecule has 2 heterocycles. The predicted molar refractivity (Wildman–Crippen MR) is 103 cm³/mol. The second-order valence-corrected chi connectivity index (χ2v) is 5.94. The topological polar surface area (TPSA) is 82.0 Å². The monoisotopic (exact) mass is 395 g/mol. The van der Waals surface area contributed by atoms with Crippen LogP contribution in [0.1, 0.15) is 0 Å². The molecule has 146 valence electrons. The largest absolute Gasteiger partial charge is 0.497 e. The standard InChI is InChI=1S/C20H15F2N5O2/c1-28-14-5-6-16-17(10-14)26-18(12-7-8-23-24-11-12)27-19(16)25-13-3-2-4-15(9-13)29-20(21)22/h2-11,20H,1H3,(H,25,26,27). The van der Waals surface area contributed by atoms with E-state index in [-0.39, 0.29) is 5.75 Å². The molecular weight excluding hydrogens is 380 g/mol. The second-order valence-electron chi connectivity index (χ2n) is 5.94. The number of rotatable bonds is 6. The Labute approximate surface area is 164 Å². The van der Waals surface area contributed by atoms with Gasteiger partial charge in [0.25, 0.3) is 0 Å². The first-order valence-electron chi connectivity index (χ1n) is 8.57. The van der Waals surface area contributed by atoms with Gasteiger partial charge in [-0.3, -0.25) is 0 Å². The van der Waals surface area contributed by atoms with Crippen LogP contribution >= 0.6 is 0 Å². The van der Waals surface area contributed by atoms with Crippen LogP contribution in [0.25, 0.3) is 22.3 Å². The molecule has 4 rings (SSSR count). The number of aromatic nitrogens is 4. The molecule has 0 unspecified atom stereocenters. The Hall–Kier alpha value is -3.88. The minimum absolute atomic E-state index is 0.0450. The highest BCUT2D eigenvalue weighted by molar-refractivity contribution is 5.93. The molecule has 0 spiro atoms. The third-order valence-electron chi connectivity index (χ3n) is 4.07. The summed E-state index contributed by atoms with van der Waals surface area (Å²) in [5.74, 6) is 1.62. The van der Waals surface area contributed by atoms with Crippen molar-refractivity contribution in [2.24, 2.45) is 0 Å². The Morgan fingerprint density at radius 3 is 2.62 bits per heavy atom. The molecule has 0 saturated carbocycles. The zero-order chi connectivity index (χ0) is 20.2. The lowest BCUT2D eigenvalue weighted by molar-refractivity contribution is -0.0498. The van der Waals surface area contributed by atoms with Crippen LogP contribution in [0.2, 0.25) is 0 Å². The number of nitrogens with one attached hydrogen (secondary N) is 1. The molecule has 7 nitrogen and oxygen atoms in total. The van der Waals surface area contributed by atoms with Crippen LogP contribution in [0.3, 0.4) is 0 Å². The summed E-state index contributed by atoms with van der Waals surface area (Å²) in [6.45, 7) is -2.90. The average molecular weight is 395 g/mol. The number of halogens is 2. The number of fused-ring (bicyclic) bond motifs is 1. The third kappa shape index (κ3) is 4.18. The van der Waals surface area contributed by atoms with Gasteiger partial charge in [0.1, 0.15) is 17.3 Å². The Bertz CT molecular complexity index is 1140. The van der Waals surface area contributed by atoms with E-state index in [0.29, 0.717) is 34.2 Å². The van der Waals surface area contributed by atoms with Crippen LogP contribution in [0.15, 0.2) is 60.9 Å². The molecule has 0 bridgehead atoms. The number of alkyl halides is 2. The molecule has 9 heteroatoms. The number of methoxy groups -OCH3 is 1. The molecule has 1 N–H and O–H groups in total. The molecule has 2 aromatic heterocycles. The fourth-order valence-electron chi connectivity index (χ4n) is 2.77. The van der Waals surface area contributed by atoms with Crippen LogP contribution in [0.5, 0.6) is 11.5 Å². The molecule has 2 aromatic carbocycles. The summed E-state index contributed by atoms with van der Waals surface area (Å²) >= 11 is 0. The normalized spacial score (nSPS) is 10.9. The number of hydrogen-bond acceptors (Lipinski definition) is 7. The highest BCUT2D eigenvalue weighted by Crippen LogP contribution is 2.30. The number of anilines is 2. The predicted octanol–water partition coefficient (Wildman–Crippen LogP) is 4.44. The molecule has 0 aliphatic rings. The third-order valence-corrected chi connectivity index (χ3v) is 4.07. The van der Waals surface area contributed by atoms with E-state index < -0.39 is 6.61 Å². The number of ether oxygens (including phenoxy) is 2. The minimum atomic E-state index is -2.90. The number of hydrogen-bond donors (Lipinski definition) is 1. The van der Waals surface area contributed by atoms with E-state index in [0.717, 1.165) is 5.39 Å². The molecule has 0 saturated heterocycles. The van der Waals surface area contributed by atoms with E-state index in [4.69, 9.17) is 4.74 Å². The van der Waals surface area contributed by atoms with E-state index in [1.54, 1.807) is 49.8 Å². The smallest absolute Gasteiger partial charge is 0.387 e. The van der Waals surface area contributed by atoms with Crippen molar-refractivity contribution in [2.45, 2.75) is 6.61 Å². The maximum absolute atomic E-state index is 12.5. The number of benzene rings is 2. The summed E-state index contributed by atoms with van der Waals surface area (Å²) in [5, 5.41) is 11.5. The quantitative estimate of drug-likeness (QED) is 0.517. The van der Waals surface area contributed by atoms with Gasteiger partial charge in [-0.15, -0.1) is 0 Å². The average Bonchev–Trinajstić information content (AvgIpc) is 2.73. The molecule has 0 aliphatic heterocycles. The fourth-order valence-corrected chi connectivity index (χ4v) is 2.77. The van der Waals surface area contributed by atoms with Crippen molar-refractivity contribution < 1.29 is 18.3 Å². The van der Waals surface area contributed by atoms with Crippen LogP contribution in [-0.2, 0) is 0 Å². The van der Waals surface area contributed by atoms with Crippen molar-refractivity contribution in [1.29, 1.82) is 0 Å². The van der Waals surface area contributed by atoms with Crippen LogP contribution in [0.4, 0.5) is 20.3 Å². The fraction of sp³-hybridized carbons (Fsp3) is 0.100. The first-order valence-corrected chi connectivity index (χ1v) is 8.57. The maximum atomic E-state index is 12.5. The lowest BCUT2D eigenvalue weighted by Gasteiger charge is -2.13. The molecule has 0 aliphatic carbocycles. The van der Waals surface area contributed by atoms with E-state index in [9.17, 15) is 8.78 Å². The summed E-state index contributed by atoms with van der Waals surface area (Å²) in [6, 6.07) is 13.4. The van der Waals surface area contributed by atoms with Gasteiger partial charge < -0.3 is 14.8 Å². The number of nitrogens with zero attached hydrogens (tertiary/aromatic N) is 4. The van der Waals surface area contributed by atoms with Gasteiger partial charge in [0, 0.05) is 28.8 Å². The summed E-state index contributed by atoms with van der Waals surface area (Å²) in [5.41, 5.74) is 1.87. The highest BCUT2D eigenvalue weighted by Gasteiger charge is 2.12. The first-order chi connectivity index (χ1) is 14.1. The van der Waals surface area contributed by atoms with Gasteiger partial charge in [0.2, 0.25) is 0 Å². The molecule has 4 aromatic rings. The summed E-state index contributed by atoms with van der Waals surface area (Å²) < 4.78 is 34.8. The maximum Gasteiger partial charge on any atom is 0.387 e. The first kappa shape index (κ1) is 18.5. The van der Waals surface area contributed by atoms with Crippen molar-refractivity contribution in [3.8, 4) is 22.9 Å². The second kappa shape index (κ2) is 8.01. The summed E-state index contributed by atoms with van der Waals surface area (Å²) in [4.78, 5) is 9.18. The SMILES string of the molecule is COc1ccc2c(Nc3cccc(OC(F)F)c3)nc(-c3ccnnc3)nc2c1. The van der Waals surface area contributed by atoms with Gasteiger partial charge in [0.05, 0.1) is 25.0 Å². The summed E-state index contributed by atoms with van der Waals surface area (Å²) in [6.07, 6.45) is 3.11. The van der Waals surface area contributed by atoms with Crippen molar-refractivity contribution in [2.75, 3.05) is 12.4 Å². The van der Waals surface area contributed by atoms with E-state index >= 15 is 0 Å². The minimum Gasteiger partial charge on any atom is -0.497 e. The Morgan fingerprint density at radius 2 is 1.86 bits per heavy atom. The van der Waals surface area contributed by atoms with E-state index in [2.05, 4.69) is 30.2 Å². The van der Waals surface area contributed by atoms with Gasteiger partial charge >= 0.3 is 6.61 Å². The lowest BCUT2D eigenvalue weighted by atomic mass is 10.2. The highest BCUT2D eigenvalue weighted by atomic mass is 19.3. The van der Waals surface area contributed by atoms with Crippen LogP contribution in [0, 0.1) is 0 Å². The molecule has 29 heavy (non-hydrogen) atoms.